The number of halogens is 1. The van der Waals surface area contributed by atoms with Crippen molar-refractivity contribution < 1.29 is 4.39 Å². The van der Waals surface area contributed by atoms with Crippen LogP contribution in [0, 0.1) is 5.82 Å². The average Bonchev–Trinajstić information content (AvgIpc) is 3.69. The lowest BCUT2D eigenvalue weighted by molar-refractivity contribution is 0.202. The number of likely N-dealkylation sites (tertiary alicyclic amines) is 1. The van der Waals surface area contributed by atoms with Gasteiger partial charge < -0.3 is 0 Å². The normalized spacial score (nSPS) is 14.6. The summed E-state index contributed by atoms with van der Waals surface area (Å²) >= 11 is 0. The number of aromatic nitrogens is 7. The molecule has 5 heterocycles. The van der Waals surface area contributed by atoms with Crippen LogP contribution in [0.2, 0.25) is 0 Å². The molecule has 9 heteroatoms. The number of hydrogen-bond acceptors (Lipinski definition) is 6. The van der Waals surface area contributed by atoms with Crippen LogP contribution in [0.1, 0.15) is 30.1 Å². The minimum absolute atomic E-state index is 0.320. The number of aromatic amines is 1. The lowest BCUT2D eigenvalue weighted by Gasteiger charge is -2.31. The maximum atomic E-state index is 13.2. The Morgan fingerprint density at radius 3 is 2.48 bits per heavy atom. The molecule has 40 heavy (non-hydrogen) atoms. The maximum absolute atomic E-state index is 13.2. The fraction of sp³-hybridized carbons (Fsp3) is 0.194. The Morgan fingerprint density at radius 1 is 0.875 bits per heavy atom. The second kappa shape index (κ2) is 10.4. The molecule has 2 aromatic carbocycles. The van der Waals surface area contributed by atoms with Gasteiger partial charge in [-0.25, -0.2) is 24.3 Å². The van der Waals surface area contributed by atoms with Gasteiger partial charge in [0.25, 0.3) is 0 Å². The third kappa shape index (κ3) is 4.76. The van der Waals surface area contributed by atoms with Crippen molar-refractivity contribution in [2.45, 2.75) is 25.3 Å². The fourth-order valence-corrected chi connectivity index (χ4v) is 5.45. The van der Waals surface area contributed by atoms with Crippen LogP contribution < -0.4 is 0 Å². The predicted octanol–water partition coefficient (Wildman–Crippen LogP) is 5.76. The van der Waals surface area contributed by atoms with E-state index in [2.05, 4.69) is 66.4 Å². The molecule has 0 unspecified atom stereocenters. The first-order chi connectivity index (χ1) is 19.7. The standard InChI is InChI=1S/C31H27FN8/c32-25-10-11-26(34-18-25)30-36-29(37-38-30)24-12-15-39(16-13-24)19-21-6-8-23(9-7-21)28-27(22-4-2-1-3-5-22)31-33-14-17-40(31)20-35-28/h1-11,14,17-18,20,24H,12-13,15-16,19H2,(H,36,37,38). The number of nitrogens with zero attached hydrogens (tertiary/aromatic N) is 7. The highest BCUT2D eigenvalue weighted by atomic mass is 19.1. The molecule has 1 saturated heterocycles. The molecular weight excluding hydrogens is 503 g/mol. The van der Waals surface area contributed by atoms with Crippen molar-refractivity contribution in [2.75, 3.05) is 13.1 Å². The highest BCUT2D eigenvalue weighted by Gasteiger charge is 2.24. The van der Waals surface area contributed by atoms with Gasteiger partial charge in [0.05, 0.1) is 17.5 Å². The molecule has 8 nitrogen and oxygen atoms in total. The van der Waals surface area contributed by atoms with E-state index in [1.807, 2.05) is 41.3 Å². The van der Waals surface area contributed by atoms with Gasteiger partial charge in [-0.05, 0) is 49.2 Å². The second-order valence-electron chi connectivity index (χ2n) is 10.1. The van der Waals surface area contributed by atoms with E-state index < -0.39 is 0 Å². The van der Waals surface area contributed by atoms with Gasteiger partial charge in [-0.1, -0.05) is 54.6 Å². The van der Waals surface area contributed by atoms with E-state index in [1.165, 1.54) is 17.8 Å². The quantitative estimate of drug-likeness (QED) is 0.295. The third-order valence-corrected chi connectivity index (χ3v) is 7.57. The zero-order valence-electron chi connectivity index (χ0n) is 21.8. The Bertz CT molecular complexity index is 1730. The number of hydrogen-bond donors (Lipinski definition) is 1. The summed E-state index contributed by atoms with van der Waals surface area (Å²) in [7, 11) is 0. The van der Waals surface area contributed by atoms with E-state index in [0.29, 0.717) is 17.4 Å². The summed E-state index contributed by atoms with van der Waals surface area (Å²) in [5, 5.41) is 7.38. The summed E-state index contributed by atoms with van der Waals surface area (Å²) in [5.74, 6) is 1.34. The average molecular weight is 531 g/mol. The Kier molecular flexibility index (Phi) is 6.33. The van der Waals surface area contributed by atoms with Gasteiger partial charge in [-0.3, -0.25) is 14.4 Å². The minimum atomic E-state index is -0.369. The summed E-state index contributed by atoms with van der Waals surface area (Å²) in [4.78, 5) is 20.6. The number of H-pyrrole nitrogens is 1. The minimum Gasteiger partial charge on any atom is -0.299 e. The van der Waals surface area contributed by atoms with E-state index in [0.717, 1.165) is 66.3 Å². The van der Waals surface area contributed by atoms with E-state index in [1.54, 1.807) is 6.07 Å². The monoisotopic (exact) mass is 530 g/mol. The Morgan fingerprint density at radius 2 is 1.70 bits per heavy atom. The molecule has 1 N–H and O–H groups in total. The Labute approximate surface area is 230 Å². The molecular formula is C31H27FN8. The van der Waals surface area contributed by atoms with E-state index in [4.69, 9.17) is 4.98 Å². The Hall–Kier alpha value is -4.76. The molecule has 0 atom stereocenters. The number of fused-ring (bicyclic) bond motifs is 1. The first-order valence-electron chi connectivity index (χ1n) is 13.4. The first-order valence-corrected chi connectivity index (χ1v) is 13.4. The predicted molar refractivity (Wildman–Crippen MR) is 151 cm³/mol. The van der Waals surface area contributed by atoms with E-state index in [-0.39, 0.29) is 5.82 Å². The molecule has 198 valence electrons. The summed E-state index contributed by atoms with van der Waals surface area (Å²) in [6, 6.07) is 22.0. The number of rotatable bonds is 6. The summed E-state index contributed by atoms with van der Waals surface area (Å²) in [6.45, 7) is 2.85. The van der Waals surface area contributed by atoms with Crippen LogP contribution in [0.15, 0.2) is 91.6 Å². The largest absolute Gasteiger partial charge is 0.299 e. The molecule has 0 aliphatic carbocycles. The number of imidazole rings is 1. The van der Waals surface area contributed by atoms with Crippen molar-refractivity contribution in [3.8, 4) is 33.9 Å². The van der Waals surface area contributed by atoms with Crippen molar-refractivity contribution in [1.82, 2.24) is 39.4 Å². The van der Waals surface area contributed by atoms with Gasteiger partial charge in [0.15, 0.2) is 5.82 Å². The zero-order valence-corrected chi connectivity index (χ0v) is 21.8. The molecule has 0 radical (unpaired) electrons. The number of benzene rings is 2. The van der Waals surface area contributed by atoms with Gasteiger partial charge >= 0.3 is 0 Å². The van der Waals surface area contributed by atoms with Crippen molar-refractivity contribution in [1.29, 1.82) is 0 Å². The van der Waals surface area contributed by atoms with Crippen LogP contribution in [0.25, 0.3) is 39.5 Å². The van der Waals surface area contributed by atoms with Crippen molar-refractivity contribution >= 4 is 5.65 Å². The number of pyridine rings is 1. The highest BCUT2D eigenvalue weighted by molar-refractivity contribution is 5.89. The highest BCUT2D eigenvalue weighted by Crippen LogP contribution is 2.34. The lowest BCUT2D eigenvalue weighted by Crippen LogP contribution is -2.32. The zero-order chi connectivity index (χ0) is 26.9. The molecule has 0 saturated carbocycles. The SMILES string of the molecule is Fc1ccc(-c2n[nH]c(C3CCN(Cc4ccc(-c5ncn6ccnc6c5-c5ccccc5)cc4)CC3)n2)nc1. The summed E-state index contributed by atoms with van der Waals surface area (Å²) < 4.78 is 15.1. The molecule has 1 aliphatic rings. The van der Waals surface area contributed by atoms with Gasteiger partial charge in [-0.2, -0.15) is 5.10 Å². The molecule has 7 rings (SSSR count). The van der Waals surface area contributed by atoms with E-state index >= 15 is 0 Å². The van der Waals surface area contributed by atoms with Crippen LogP contribution >= 0.6 is 0 Å². The van der Waals surface area contributed by atoms with Crippen LogP contribution in [0.4, 0.5) is 4.39 Å². The molecule has 4 aromatic heterocycles. The third-order valence-electron chi connectivity index (χ3n) is 7.57. The molecule has 0 amide bonds. The topological polar surface area (TPSA) is 87.9 Å². The first kappa shape index (κ1) is 24.3. The molecule has 6 aromatic rings. The number of piperidine rings is 1. The Balaban J connectivity index is 1.03. The molecule has 0 bridgehead atoms. The van der Waals surface area contributed by atoms with Gasteiger partial charge in [0.2, 0.25) is 0 Å². The fourth-order valence-electron chi connectivity index (χ4n) is 5.45. The smallest absolute Gasteiger partial charge is 0.199 e. The van der Waals surface area contributed by atoms with Crippen LogP contribution in [0.5, 0.6) is 0 Å². The lowest BCUT2D eigenvalue weighted by atomic mass is 9.95. The van der Waals surface area contributed by atoms with E-state index in [9.17, 15) is 4.39 Å². The van der Waals surface area contributed by atoms with Gasteiger partial charge in [-0.15, -0.1) is 0 Å². The number of nitrogens with one attached hydrogen (secondary N) is 1. The molecule has 0 spiro atoms. The molecule has 1 aliphatic heterocycles. The van der Waals surface area contributed by atoms with Gasteiger partial charge in [0, 0.05) is 30.4 Å². The van der Waals surface area contributed by atoms with Crippen LogP contribution in [-0.4, -0.2) is 52.5 Å². The van der Waals surface area contributed by atoms with Crippen LogP contribution in [0.3, 0.4) is 0 Å². The summed E-state index contributed by atoms with van der Waals surface area (Å²) in [6.07, 6.45) is 8.75. The van der Waals surface area contributed by atoms with Crippen molar-refractivity contribution in [2.24, 2.45) is 0 Å². The van der Waals surface area contributed by atoms with Crippen molar-refractivity contribution in [3.05, 3.63) is 109 Å². The maximum Gasteiger partial charge on any atom is 0.199 e. The van der Waals surface area contributed by atoms with Crippen LogP contribution in [-0.2, 0) is 6.54 Å². The second-order valence-corrected chi connectivity index (χ2v) is 10.1. The van der Waals surface area contributed by atoms with Gasteiger partial charge in [0.1, 0.15) is 29.3 Å². The molecule has 1 fully saturated rings. The summed E-state index contributed by atoms with van der Waals surface area (Å²) in [5.41, 5.74) is 6.88. The van der Waals surface area contributed by atoms with Crippen molar-refractivity contribution in [3.63, 3.8) is 0 Å².